The van der Waals surface area contributed by atoms with Crippen LogP contribution in [0.3, 0.4) is 0 Å². The van der Waals surface area contributed by atoms with Crippen molar-refractivity contribution in [3.63, 3.8) is 0 Å². The van der Waals surface area contributed by atoms with Gasteiger partial charge in [0.25, 0.3) is 0 Å². The van der Waals surface area contributed by atoms with Gasteiger partial charge in [0, 0.05) is 5.41 Å². The molecule has 1 saturated heterocycles. The zero-order chi connectivity index (χ0) is 10.6. The van der Waals surface area contributed by atoms with E-state index in [1.807, 2.05) is 0 Å². The predicted molar refractivity (Wildman–Crippen MR) is 51.9 cm³/mol. The molecular weight excluding hydrogens is 180 g/mol. The summed E-state index contributed by atoms with van der Waals surface area (Å²) >= 11 is 0. The van der Waals surface area contributed by atoms with Gasteiger partial charge in [0.2, 0.25) is 0 Å². The van der Waals surface area contributed by atoms with E-state index in [1.54, 1.807) is 0 Å². The lowest BCUT2D eigenvalue weighted by atomic mass is 9.61. The number of hydrogen-bond donors (Lipinski definition) is 1. The molecule has 1 heterocycles. The molecular formula is C11H18O3. The zero-order valence-corrected chi connectivity index (χ0v) is 9.04. The van der Waals surface area contributed by atoms with Crippen molar-refractivity contribution in [1.82, 2.24) is 0 Å². The number of carbonyl (C=O) groups is 1. The Hall–Kier alpha value is -0.570. The van der Waals surface area contributed by atoms with Crippen LogP contribution < -0.4 is 0 Å². The summed E-state index contributed by atoms with van der Waals surface area (Å²) in [6, 6.07) is 0. The number of carboxylic acid groups (broad SMARTS) is 1. The van der Waals surface area contributed by atoms with Crippen LogP contribution in [0.25, 0.3) is 0 Å². The Morgan fingerprint density at radius 3 is 2.21 bits per heavy atom. The quantitative estimate of drug-likeness (QED) is 0.735. The summed E-state index contributed by atoms with van der Waals surface area (Å²) in [6.07, 6.45) is 0.843. The summed E-state index contributed by atoms with van der Waals surface area (Å²) in [5.41, 5.74) is 0.274. The molecule has 1 aliphatic carbocycles. The first-order valence-electron chi connectivity index (χ1n) is 5.19. The molecule has 2 unspecified atom stereocenters. The van der Waals surface area contributed by atoms with Crippen LogP contribution in [-0.2, 0) is 9.53 Å². The van der Waals surface area contributed by atoms with Crippen molar-refractivity contribution >= 4 is 5.97 Å². The van der Waals surface area contributed by atoms with E-state index < -0.39 is 5.97 Å². The fourth-order valence-corrected chi connectivity index (χ4v) is 2.60. The summed E-state index contributed by atoms with van der Waals surface area (Å²) in [4.78, 5) is 10.8. The highest BCUT2D eigenvalue weighted by atomic mass is 16.5. The Labute approximate surface area is 84.4 Å². The minimum atomic E-state index is -0.634. The van der Waals surface area contributed by atoms with Gasteiger partial charge >= 0.3 is 5.97 Å². The summed E-state index contributed by atoms with van der Waals surface area (Å²) < 4.78 is 5.30. The zero-order valence-electron chi connectivity index (χ0n) is 9.04. The molecule has 2 aliphatic rings. The van der Waals surface area contributed by atoms with E-state index in [4.69, 9.17) is 9.84 Å². The molecule has 0 radical (unpaired) electrons. The summed E-state index contributed by atoms with van der Waals surface area (Å²) in [6.45, 7) is 8.04. The third kappa shape index (κ3) is 1.18. The first kappa shape index (κ1) is 9.97. The molecule has 1 aliphatic heterocycles. The van der Waals surface area contributed by atoms with Crippen LogP contribution in [0.15, 0.2) is 0 Å². The van der Waals surface area contributed by atoms with Crippen molar-refractivity contribution in [2.45, 2.75) is 27.2 Å². The SMILES string of the molecule is CC(C)(C)C1(C2CC2C(=O)O)COC1. The maximum atomic E-state index is 10.8. The topological polar surface area (TPSA) is 46.5 Å². The predicted octanol–water partition coefficient (Wildman–Crippen LogP) is 1.77. The molecule has 2 rings (SSSR count). The van der Waals surface area contributed by atoms with E-state index in [0.717, 1.165) is 19.6 Å². The fraction of sp³-hybridized carbons (Fsp3) is 0.909. The third-order valence-corrected chi connectivity index (χ3v) is 4.03. The van der Waals surface area contributed by atoms with E-state index in [2.05, 4.69) is 20.8 Å². The molecule has 2 fully saturated rings. The van der Waals surface area contributed by atoms with Crippen molar-refractivity contribution in [2.24, 2.45) is 22.7 Å². The van der Waals surface area contributed by atoms with Crippen molar-refractivity contribution in [3.8, 4) is 0 Å². The molecule has 0 aromatic heterocycles. The van der Waals surface area contributed by atoms with Gasteiger partial charge in [-0.2, -0.15) is 0 Å². The molecule has 2 atom stereocenters. The van der Waals surface area contributed by atoms with Gasteiger partial charge in [0.05, 0.1) is 19.1 Å². The molecule has 14 heavy (non-hydrogen) atoms. The second-order valence-corrected chi connectivity index (χ2v) is 5.69. The van der Waals surface area contributed by atoms with E-state index in [-0.39, 0.29) is 16.7 Å². The molecule has 1 N–H and O–H groups in total. The Kier molecular flexibility index (Phi) is 1.94. The van der Waals surface area contributed by atoms with Gasteiger partial charge in [-0.3, -0.25) is 4.79 Å². The number of carboxylic acids is 1. The average Bonchev–Trinajstić information content (AvgIpc) is 2.60. The van der Waals surface area contributed by atoms with Crippen LogP contribution in [0.4, 0.5) is 0 Å². The van der Waals surface area contributed by atoms with Gasteiger partial charge in [0.1, 0.15) is 0 Å². The Morgan fingerprint density at radius 2 is 2.00 bits per heavy atom. The van der Waals surface area contributed by atoms with Crippen LogP contribution in [0.5, 0.6) is 0 Å². The van der Waals surface area contributed by atoms with Gasteiger partial charge in [-0.25, -0.2) is 0 Å². The molecule has 80 valence electrons. The van der Waals surface area contributed by atoms with Gasteiger partial charge < -0.3 is 9.84 Å². The Balaban J connectivity index is 2.12. The van der Waals surface area contributed by atoms with Gasteiger partial charge in [-0.1, -0.05) is 20.8 Å². The highest BCUT2D eigenvalue weighted by molar-refractivity contribution is 5.73. The fourth-order valence-electron chi connectivity index (χ4n) is 2.60. The van der Waals surface area contributed by atoms with Crippen LogP contribution in [0.1, 0.15) is 27.2 Å². The lowest BCUT2D eigenvalue weighted by Gasteiger charge is -2.51. The number of rotatable bonds is 2. The first-order chi connectivity index (χ1) is 6.38. The standard InChI is InChI=1S/C11H18O3/c1-10(2,3)11(5-14-6-11)8-4-7(8)9(12)13/h7-8H,4-6H2,1-3H3,(H,12,13). The minimum Gasteiger partial charge on any atom is -0.481 e. The maximum absolute atomic E-state index is 10.8. The first-order valence-corrected chi connectivity index (χ1v) is 5.19. The largest absolute Gasteiger partial charge is 0.481 e. The average molecular weight is 198 g/mol. The second kappa shape index (κ2) is 2.72. The smallest absolute Gasteiger partial charge is 0.306 e. The van der Waals surface area contributed by atoms with E-state index >= 15 is 0 Å². The monoisotopic (exact) mass is 198 g/mol. The highest BCUT2D eigenvalue weighted by Crippen LogP contribution is 2.61. The summed E-state index contributed by atoms with van der Waals surface area (Å²) in [5.74, 6) is -0.405. The van der Waals surface area contributed by atoms with Crippen molar-refractivity contribution in [3.05, 3.63) is 0 Å². The van der Waals surface area contributed by atoms with Crippen molar-refractivity contribution in [1.29, 1.82) is 0 Å². The summed E-state index contributed by atoms with van der Waals surface area (Å²) in [7, 11) is 0. The highest BCUT2D eigenvalue weighted by Gasteiger charge is 2.63. The Morgan fingerprint density at radius 1 is 1.43 bits per heavy atom. The maximum Gasteiger partial charge on any atom is 0.306 e. The van der Waals surface area contributed by atoms with Crippen LogP contribution >= 0.6 is 0 Å². The molecule has 1 saturated carbocycles. The lowest BCUT2D eigenvalue weighted by Crippen LogP contribution is -2.54. The molecule has 0 amide bonds. The summed E-state index contributed by atoms with van der Waals surface area (Å²) in [5, 5.41) is 8.93. The van der Waals surface area contributed by atoms with Crippen LogP contribution in [-0.4, -0.2) is 24.3 Å². The lowest BCUT2D eigenvalue weighted by molar-refractivity contribution is -0.187. The molecule has 0 bridgehead atoms. The molecule has 3 nitrogen and oxygen atoms in total. The van der Waals surface area contributed by atoms with Gasteiger partial charge in [0.15, 0.2) is 0 Å². The number of aliphatic carboxylic acids is 1. The minimum absolute atomic E-state index is 0.113. The van der Waals surface area contributed by atoms with Crippen molar-refractivity contribution < 1.29 is 14.6 Å². The normalized spacial score (nSPS) is 34.8. The van der Waals surface area contributed by atoms with Crippen LogP contribution in [0.2, 0.25) is 0 Å². The van der Waals surface area contributed by atoms with Crippen molar-refractivity contribution in [2.75, 3.05) is 13.2 Å². The van der Waals surface area contributed by atoms with Gasteiger partial charge in [-0.05, 0) is 17.8 Å². The molecule has 0 aromatic rings. The van der Waals surface area contributed by atoms with E-state index in [0.29, 0.717) is 5.92 Å². The van der Waals surface area contributed by atoms with Gasteiger partial charge in [-0.15, -0.1) is 0 Å². The third-order valence-electron chi connectivity index (χ3n) is 4.03. The van der Waals surface area contributed by atoms with E-state index in [1.165, 1.54) is 0 Å². The molecule has 3 heteroatoms. The van der Waals surface area contributed by atoms with Crippen LogP contribution in [0, 0.1) is 22.7 Å². The number of hydrogen-bond acceptors (Lipinski definition) is 2. The van der Waals surface area contributed by atoms with E-state index in [9.17, 15) is 4.79 Å². The number of ether oxygens (including phenoxy) is 1. The molecule has 0 aromatic carbocycles. The second-order valence-electron chi connectivity index (χ2n) is 5.69. The molecule has 0 spiro atoms. The Bertz CT molecular complexity index is 260.